The van der Waals surface area contributed by atoms with Crippen molar-refractivity contribution in [2.24, 2.45) is 0 Å². The highest BCUT2D eigenvalue weighted by Crippen LogP contribution is 2.18. The van der Waals surface area contributed by atoms with Crippen molar-refractivity contribution in [1.82, 2.24) is 20.3 Å². The highest BCUT2D eigenvalue weighted by molar-refractivity contribution is 5.76. The number of amides is 1. The predicted molar refractivity (Wildman–Crippen MR) is 108 cm³/mol. The molecule has 0 aliphatic carbocycles. The number of rotatable bonds is 9. The van der Waals surface area contributed by atoms with E-state index in [-0.39, 0.29) is 5.91 Å². The van der Waals surface area contributed by atoms with E-state index in [0.717, 1.165) is 34.7 Å². The number of nitrogens with one attached hydrogen (secondary N) is 1. The van der Waals surface area contributed by atoms with Gasteiger partial charge in [-0.05, 0) is 42.7 Å². The molecule has 0 radical (unpaired) electrons. The average Bonchev–Trinajstić information content (AvgIpc) is 2.76. The molecule has 0 fully saturated rings. The molecule has 0 spiro atoms. The van der Waals surface area contributed by atoms with Crippen LogP contribution in [0, 0.1) is 0 Å². The number of pyridine rings is 1. The first-order valence-corrected chi connectivity index (χ1v) is 9.45. The highest BCUT2D eigenvalue weighted by Gasteiger charge is 2.10. The molecule has 0 atom stereocenters. The van der Waals surface area contributed by atoms with Crippen LogP contribution in [0.25, 0.3) is 11.3 Å². The van der Waals surface area contributed by atoms with Gasteiger partial charge >= 0.3 is 0 Å². The van der Waals surface area contributed by atoms with Crippen molar-refractivity contribution in [3.63, 3.8) is 0 Å². The zero-order valence-electron chi connectivity index (χ0n) is 16.0. The number of hydrogen-bond acceptors (Lipinski definition) is 5. The maximum atomic E-state index is 12.2. The molecule has 2 heterocycles. The molecule has 0 aliphatic heterocycles. The van der Waals surface area contributed by atoms with Crippen LogP contribution in [0.2, 0.25) is 0 Å². The number of carbonyl (C=O) groups excluding carboxylic acids is 1. The minimum Gasteiger partial charge on any atom is -0.494 e. The first-order chi connectivity index (χ1) is 13.8. The summed E-state index contributed by atoms with van der Waals surface area (Å²) in [6.45, 7) is 3.12. The van der Waals surface area contributed by atoms with Crippen molar-refractivity contribution in [3.8, 4) is 17.0 Å². The lowest BCUT2D eigenvalue weighted by Crippen LogP contribution is -2.24. The lowest BCUT2D eigenvalue weighted by molar-refractivity contribution is -0.121. The number of hydrogen-bond donors (Lipinski definition) is 1. The zero-order chi connectivity index (χ0) is 19.6. The minimum absolute atomic E-state index is 0.0194. The van der Waals surface area contributed by atoms with Gasteiger partial charge in [-0.25, -0.2) is 0 Å². The van der Waals surface area contributed by atoms with E-state index in [4.69, 9.17) is 4.74 Å². The van der Waals surface area contributed by atoms with Gasteiger partial charge in [-0.1, -0.05) is 19.1 Å². The van der Waals surface area contributed by atoms with E-state index in [0.29, 0.717) is 26.0 Å². The van der Waals surface area contributed by atoms with Crippen LogP contribution in [0.15, 0.2) is 61.2 Å². The molecule has 0 unspecified atom stereocenters. The van der Waals surface area contributed by atoms with Crippen LogP contribution in [0.3, 0.4) is 0 Å². The van der Waals surface area contributed by atoms with Crippen molar-refractivity contribution >= 4 is 5.91 Å². The summed E-state index contributed by atoms with van der Waals surface area (Å²) >= 11 is 0. The second kappa shape index (κ2) is 10.2. The van der Waals surface area contributed by atoms with Crippen molar-refractivity contribution in [3.05, 3.63) is 72.4 Å². The lowest BCUT2D eigenvalue weighted by Gasteiger charge is -2.09. The van der Waals surface area contributed by atoms with Gasteiger partial charge in [-0.2, -0.15) is 0 Å². The van der Waals surface area contributed by atoms with Crippen molar-refractivity contribution in [2.45, 2.75) is 32.7 Å². The summed E-state index contributed by atoms with van der Waals surface area (Å²) in [5.41, 5.74) is 3.44. The van der Waals surface area contributed by atoms with Gasteiger partial charge < -0.3 is 10.1 Å². The van der Waals surface area contributed by atoms with E-state index in [1.54, 1.807) is 24.8 Å². The summed E-state index contributed by atoms with van der Waals surface area (Å²) in [7, 11) is 0. The molecule has 0 saturated carbocycles. The SMILES string of the molecule is CCCOc1ccc(CCC(=O)NCc2nccnc2-c2cccnc2)cc1. The molecule has 2 aromatic heterocycles. The Kier molecular flexibility index (Phi) is 7.07. The van der Waals surface area contributed by atoms with Gasteiger partial charge in [0.05, 0.1) is 24.5 Å². The Morgan fingerprint density at radius 3 is 2.64 bits per heavy atom. The van der Waals surface area contributed by atoms with E-state index in [1.165, 1.54) is 0 Å². The Labute approximate surface area is 165 Å². The summed E-state index contributed by atoms with van der Waals surface area (Å²) in [5, 5.41) is 2.93. The van der Waals surface area contributed by atoms with E-state index in [1.807, 2.05) is 36.4 Å². The van der Waals surface area contributed by atoms with Gasteiger partial charge in [0.25, 0.3) is 0 Å². The number of nitrogens with zero attached hydrogens (tertiary/aromatic N) is 3. The topological polar surface area (TPSA) is 77.0 Å². The van der Waals surface area contributed by atoms with Crippen LogP contribution in [0.4, 0.5) is 0 Å². The summed E-state index contributed by atoms with van der Waals surface area (Å²) in [5.74, 6) is 0.842. The van der Waals surface area contributed by atoms with E-state index in [2.05, 4.69) is 27.2 Å². The van der Waals surface area contributed by atoms with E-state index in [9.17, 15) is 4.79 Å². The third-order valence-electron chi connectivity index (χ3n) is 4.20. The Morgan fingerprint density at radius 1 is 1.07 bits per heavy atom. The molecule has 28 heavy (non-hydrogen) atoms. The Balaban J connectivity index is 1.51. The summed E-state index contributed by atoms with van der Waals surface area (Å²) < 4.78 is 5.57. The van der Waals surface area contributed by atoms with Gasteiger partial charge in [0.15, 0.2) is 0 Å². The Bertz CT molecular complexity index is 883. The van der Waals surface area contributed by atoms with Crippen LogP contribution >= 0.6 is 0 Å². The summed E-state index contributed by atoms with van der Waals surface area (Å²) in [6.07, 6.45) is 8.79. The smallest absolute Gasteiger partial charge is 0.220 e. The zero-order valence-corrected chi connectivity index (χ0v) is 16.0. The fourth-order valence-electron chi connectivity index (χ4n) is 2.74. The van der Waals surface area contributed by atoms with Crippen LogP contribution in [-0.2, 0) is 17.8 Å². The fourth-order valence-corrected chi connectivity index (χ4v) is 2.74. The number of aromatic nitrogens is 3. The highest BCUT2D eigenvalue weighted by atomic mass is 16.5. The number of aryl methyl sites for hydroxylation is 1. The molecular weight excluding hydrogens is 352 g/mol. The summed E-state index contributed by atoms with van der Waals surface area (Å²) in [6, 6.07) is 11.7. The third kappa shape index (κ3) is 5.61. The average molecular weight is 376 g/mol. The maximum Gasteiger partial charge on any atom is 0.220 e. The van der Waals surface area contributed by atoms with Gasteiger partial charge in [0.2, 0.25) is 5.91 Å². The van der Waals surface area contributed by atoms with Crippen LogP contribution in [0.5, 0.6) is 5.75 Å². The van der Waals surface area contributed by atoms with Crippen molar-refractivity contribution in [2.75, 3.05) is 6.61 Å². The number of carbonyl (C=O) groups is 1. The van der Waals surface area contributed by atoms with Gasteiger partial charge in [0.1, 0.15) is 5.75 Å². The lowest BCUT2D eigenvalue weighted by atomic mass is 10.1. The number of ether oxygens (including phenoxy) is 1. The standard InChI is InChI=1S/C22H24N4O2/c1-2-14-28-19-8-5-17(6-9-19)7-10-21(27)26-16-20-22(25-13-12-24-20)18-4-3-11-23-15-18/h3-6,8-9,11-13,15H,2,7,10,14,16H2,1H3,(H,26,27). The van der Waals surface area contributed by atoms with Crippen LogP contribution < -0.4 is 10.1 Å². The molecule has 1 aromatic carbocycles. The minimum atomic E-state index is -0.0194. The number of benzene rings is 1. The second-order valence-electron chi connectivity index (χ2n) is 6.36. The maximum absolute atomic E-state index is 12.2. The second-order valence-corrected chi connectivity index (χ2v) is 6.36. The van der Waals surface area contributed by atoms with Gasteiger partial charge in [-0.15, -0.1) is 0 Å². The molecule has 1 amide bonds. The molecule has 3 rings (SSSR count). The normalized spacial score (nSPS) is 10.5. The van der Waals surface area contributed by atoms with Gasteiger partial charge in [-0.3, -0.25) is 19.7 Å². The molecule has 144 valence electrons. The molecular formula is C22H24N4O2. The largest absolute Gasteiger partial charge is 0.494 e. The van der Waals surface area contributed by atoms with Crippen molar-refractivity contribution < 1.29 is 9.53 Å². The fraction of sp³-hybridized carbons (Fsp3) is 0.273. The molecule has 0 bridgehead atoms. The van der Waals surface area contributed by atoms with Crippen LogP contribution in [0.1, 0.15) is 31.0 Å². The molecule has 0 saturated heterocycles. The van der Waals surface area contributed by atoms with E-state index < -0.39 is 0 Å². The molecule has 0 aliphatic rings. The predicted octanol–water partition coefficient (Wildman–Crippen LogP) is 3.58. The Morgan fingerprint density at radius 2 is 1.89 bits per heavy atom. The van der Waals surface area contributed by atoms with Gasteiger partial charge in [0, 0.05) is 36.8 Å². The molecule has 6 nitrogen and oxygen atoms in total. The molecule has 3 aromatic rings. The van der Waals surface area contributed by atoms with Crippen molar-refractivity contribution in [1.29, 1.82) is 0 Å². The molecule has 6 heteroatoms. The summed E-state index contributed by atoms with van der Waals surface area (Å²) in [4.78, 5) is 25.1. The molecule has 1 N–H and O–H groups in total. The third-order valence-corrected chi connectivity index (χ3v) is 4.20. The Hall–Kier alpha value is -3.28. The monoisotopic (exact) mass is 376 g/mol. The van der Waals surface area contributed by atoms with E-state index >= 15 is 0 Å². The first kappa shape index (κ1) is 19.5. The quantitative estimate of drug-likeness (QED) is 0.618. The van der Waals surface area contributed by atoms with Crippen LogP contribution in [-0.4, -0.2) is 27.5 Å². The first-order valence-electron chi connectivity index (χ1n) is 9.45.